The molecule has 7 heteroatoms. The van der Waals surface area contributed by atoms with Crippen LogP contribution in [-0.4, -0.2) is 43.6 Å². The lowest BCUT2D eigenvalue weighted by Crippen LogP contribution is -2.34. The number of carbonyl (C=O) groups excluding carboxylic acids is 1. The molecule has 2 aliphatic heterocycles. The zero-order valence-electron chi connectivity index (χ0n) is 12.2. The number of anilines is 2. The molecule has 2 saturated heterocycles. The van der Waals surface area contributed by atoms with Crippen LogP contribution in [0.3, 0.4) is 0 Å². The molecule has 3 rings (SSSR count). The Labute approximate surface area is 134 Å². The van der Waals surface area contributed by atoms with Gasteiger partial charge in [0.15, 0.2) is 5.11 Å². The number of hydrogen-bond acceptors (Lipinski definition) is 4. The van der Waals surface area contributed by atoms with E-state index >= 15 is 0 Å². The van der Waals surface area contributed by atoms with Gasteiger partial charge >= 0.3 is 6.09 Å². The smallest absolute Gasteiger partial charge is 0.414 e. The van der Waals surface area contributed by atoms with Crippen molar-refractivity contribution in [3.63, 3.8) is 0 Å². The molecule has 0 unspecified atom stereocenters. The Morgan fingerprint density at radius 1 is 1.41 bits per heavy atom. The zero-order chi connectivity index (χ0) is 15.4. The molecule has 1 amide bonds. The normalized spacial score (nSPS) is 20.8. The van der Waals surface area contributed by atoms with Gasteiger partial charge in [-0.3, -0.25) is 4.90 Å². The summed E-state index contributed by atoms with van der Waals surface area (Å²) in [5.41, 5.74) is 1.64. The Balaban J connectivity index is 1.55. The van der Waals surface area contributed by atoms with Crippen molar-refractivity contribution in [2.75, 3.05) is 36.5 Å². The number of hydrogen-bond donors (Lipinski definition) is 2. The molecule has 1 aromatic rings. The van der Waals surface area contributed by atoms with Gasteiger partial charge in [-0.25, -0.2) is 4.79 Å². The van der Waals surface area contributed by atoms with Gasteiger partial charge in [0.2, 0.25) is 0 Å². The van der Waals surface area contributed by atoms with E-state index in [1.54, 1.807) is 4.90 Å². The van der Waals surface area contributed by atoms with E-state index in [1.165, 1.54) is 0 Å². The number of carbonyl (C=O) groups is 1. The number of ether oxygens (including phenoxy) is 2. The highest BCUT2D eigenvalue weighted by Gasteiger charge is 2.23. The molecule has 1 atom stereocenters. The van der Waals surface area contributed by atoms with E-state index in [0.717, 1.165) is 30.8 Å². The highest BCUT2D eigenvalue weighted by atomic mass is 32.1. The van der Waals surface area contributed by atoms with Crippen molar-refractivity contribution < 1.29 is 14.3 Å². The second-order valence-corrected chi connectivity index (χ2v) is 5.69. The lowest BCUT2D eigenvalue weighted by atomic mass is 10.2. The van der Waals surface area contributed by atoms with Crippen LogP contribution in [0.1, 0.15) is 12.8 Å². The minimum absolute atomic E-state index is 0.241. The summed E-state index contributed by atoms with van der Waals surface area (Å²) in [6.07, 6.45) is 2.12. The molecule has 0 aliphatic carbocycles. The lowest BCUT2D eigenvalue weighted by molar-refractivity contribution is 0.114. The van der Waals surface area contributed by atoms with Crippen LogP contribution in [0.2, 0.25) is 0 Å². The summed E-state index contributed by atoms with van der Waals surface area (Å²) in [5, 5.41) is 6.84. The Hall–Kier alpha value is -1.86. The summed E-state index contributed by atoms with van der Waals surface area (Å²) in [4.78, 5) is 13.2. The number of rotatable bonds is 4. The number of thiocarbonyl (C=S) groups is 1. The molecule has 2 heterocycles. The fraction of sp³-hybridized carbons (Fsp3) is 0.467. The quantitative estimate of drug-likeness (QED) is 0.828. The van der Waals surface area contributed by atoms with Crippen molar-refractivity contribution in [2.45, 2.75) is 18.9 Å². The molecule has 0 saturated carbocycles. The first-order valence-electron chi connectivity index (χ1n) is 7.43. The van der Waals surface area contributed by atoms with Crippen molar-refractivity contribution in [3.05, 3.63) is 24.3 Å². The van der Waals surface area contributed by atoms with E-state index in [2.05, 4.69) is 10.6 Å². The summed E-state index contributed by atoms with van der Waals surface area (Å²) in [5.74, 6) is 0. The highest BCUT2D eigenvalue weighted by Crippen LogP contribution is 2.22. The van der Waals surface area contributed by atoms with Gasteiger partial charge in [-0.1, -0.05) is 6.07 Å². The van der Waals surface area contributed by atoms with Crippen molar-refractivity contribution >= 4 is 34.8 Å². The molecular weight excluding hydrogens is 302 g/mol. The molecule has 2 N–H and O–H groups in total. The Morgan fingerprint density at radius 2 is 2.32 bits per heavy atom. The van der Waals surface area contributed by atoms with E-state index in [-0.39, 0.29) is 12.2 Å². The van der Waals surface area contributed by atoms with Gasteiger partial charge < -0.3 is 20.1 Å². The van der Waals surface area contributed by atoms with Crippen LogP contribution in [0, 0.1) is 0 Å². The van der Waals surface area contributed by atoms with Gasteiger partial charge in [0.05, 0.1) is 12.6 Å². The molecular formula is C15H19N3O3S. The third-order valence-corrected chi connectivity index (χ3v) is 3.94. The van der Waals surface area contributed by atoms with Crippen LogP contribution >= 0.6 is 12.2 Å². The maximum Gasteiger partial charge on any atom is 0.414 e. The SMILES string of the molecule is O=C1OCCN1c1cccc(NC(=S)NC[C@H]2CCCO2)c1. The Kier molecular flexibility index (Phi) is 4.74. The molecule has 2 aliphatic rings. The van der Waals surface area contributed by atoms with Crippen LogP contribution in [0.5, 0.6) is 0 Å². The maximum absolute atomic E-state index is 11.6. The van der Waals surface area contributed by atoms with Gasteiger partial charge in [0.25, 0.3) is 0 Å². The summed E-state index contributed by atoms with van der Waals surface area (Å²) in [6, 6.07) is 7.55. The number of amides is 1. The topological polar surface area (TPSA) is 62.8 Å². The standard InChI is InChI=1S/C15H19N3O3S/c19-15-18(6-8-21-15)12-4-1-3-11(9-12)17-14(22)16-10-13-5-2-7-20-13/h1,3-4,9,13H,2,5-8,10H2,(H2,16,17,22)/t13-/m1/s1. The third kappa shape index (κ3) is 3.66. The van der Waals surface area contributed by atoms with E-state index in [4.69, 9.17) is 21.7 Å². The second-order valence-electron chi connectivity index (χ2n) is 5.29. The average molecular weight is 321 g/mol. The van der Waals surface area contributed by atoms with E-state index in [0.29, 0.717) is 24.8 Å². The highest BCUT2D eigenvalue weighted by molar-refractivity contribution is 7.80. The first-order chi connectivity index (χ1) is 10.7. The fourth-order valence-corrected chi connectivity index (χ4v) is 2.77. The zero-order valence-corrected chi connectivity index (χ0v) is 13.0. The molecule has 0 radical (unpaired) electrons. The molecule has 1 aromatic carbocycles. The number of nitrogens with one attached hydrogen (secondary N) is 2. The van der Waals surface area contributed by atoms with Gasteiger partial charge in [0, 0.05) is 24.5 Å². The number of cyclic esters (lactones) is 1. The molecule has 22 heavy (non-hydrogen) atoms. The minimum Gasteiger partial charge on any atom is -0.447 e. The average Bonchev–Trinajstić information content (AvgIpc) is 3.16. The lowest BCUT2D eigenvalue weighted by Gasteiger charge is -2.16. The van der Waals surface area contributed by atoms with Crippen LogP contribution in [-0.2, 0) is 9.47 Å². The monoisotopic (exact) mass is 321 g/mol. The van der Waals surface area contributed by atoms with Crippen molar-refractivity contribution in [1.29, 1.82) is 0 Å². The number of nitrogens with zero attached hydrogens (tertiary/aromatic N) is 1. The summed E-state index contributed by atoms with van der Waals surface area (Å²) in [7, 11) is 0. The summed E-state index contributed by atoms with van der Waals surface area (Å²) in [6.45, 7) is 2.55. The predicted molar refractivity (Wildman–Crippen MR) is 88.3 cm³/mol. The van der Waals surface area contributed by atoms with Gasteiger partial charge in [-0.15, -0.1) is 0 Å². The summed E-state index contributed by atoms with van der Waals surface area (Å²) >= 11 is 5.29. The van der Waals surface area contributed by atoms with Crippen molar-refractivity contribution in [3.8, 4) is 0 Å². The second kappa shape index (κ2) is 6.93. The molecule has 0 bridgehead atoms. The van der Waals surface area contributed by atoms with Crippen LogP contribution in [0.15, 0.2) is 24.3 Å². The van der Waals surface area contributed by atoms with Crippen molar-refractivity contribution in [1.82, 2.24) is 5.32 Å². The van der Waals surface area contributed by atoms with Crippen LogP contribution < -0.4 is 15.5 Å². The molecule has 118 valence electrons. The largest absolute Gasteiger partial charge is 0.447 e. The Morgan fingerprint density at radius 3 is 3.05 bits per heavy atom. The maximum atomic E-state index is 11.6. The predicted octanol–water partition coefficient (Wildman–Crippen LogP) is 2.11. The van der Waals surface area contributed by atoms with E-state index in [9.17, 15) is 4.79 Å². The molecule has 6 nitrogen and oxygen atoms in total. The Bertz CT molecular complexity index is 561. The fourth-order valence-electron chi connectivity index (χ4n) is 2.57. The van der Waals surface area contributed by atoms with E-state index < -0.39 is 0 Å². The van der Waals surface area contributed by atoms with Crippen LogP contribution in [0.4, 0.5) is 16.2 Å². The number of benzene rings is 1. The first kappa shape index (κ1) is 15.1. The third-order valence-electron chi connectivity index (χ3n) is 3.69. The van der Waals surface area contributed by atoms with Gasteiger partial charge in [-0.2, -0.15) is 0 Å². The summed E-state index contributed by atoms with van der Waals surface area (Å²) < 4.78 is 10.5. The first-order valence-corrected chi connectivity index (χ1v) is 7.84. The van der Waals surface area contributed by atoms with E-state index in [1.807, 2.05) is 24.3 Å². The molecule has 0 aromatic heterocycles. The minimum atomic E-state index is -0.309. The van der Waals surface area contributed by atoms with Gasteiger partial charge in [0.1, 0.15) is 6.61 Å². The van der Waals surface area contributed by atoms with Gasteiger partial charge in [-0.05, 0) is 43.3 Å². The van der Waals surface area contributed by atoms with Crippen molar-refractivity contribution in [2.24, 2.45) is 0 Å². The van der Waals surface area contributed by atoms with Crippen LogP contribution in [0.25, 0.3) is 0 Å². The molecule has 2 fully saturated rings. The molecule has 0 spiro atoms.